The third-order valence-corrected chi connectivity index (χ3v) is 8.51. The van der Waals surface area contributed by atoms with Gasteiger partial charge in [0.05, 0.1) is 5.75 Å². The summed E-state index contributed by atoms with van der Waals surface area (Å²) < 4.78 is 35.1. The average Bonchev–Trinajstić information content (AvgIpc) is 3.32. The van der Waals surface area contributed by atoms with Crippen LogP contribution in [0.15, 0.2) is 11.4 Å². The number of carbonyl (C=O) groups is 1. The SMILES string of the molecule is C1CCCCC1.CCCCCCCCS(=O)(=O)OF.O=CCc1ccsc1C1CCCCC1. The molecule has 1 aromatic rings. The Bertz CT molecular complexity index is 681. The van der Waals surface area contributed by atoms with Gasteiger partial charge in [0.25, 0.3) is 10.1 Å². The van der Waals surface area contributed by atoms with Gasteiger partial charge in [0.1, 0.15) is 6.29 Å². The van der Waals surface area contributed by atoms with Gasteiger partial charge in [-0.05, 0) is 46.7 Å². The van der Waals surface area contributed by atoms with Gasteiger partial charge in [0.2, 0.25) is 0 Å². The minimum Gasteiger partial charge on any atom is -0.303 e. The van der Waals surface area contributed by atoms with E-state index >= 15 is 0 Å². The van der Waals surface area contributed by atoms with E-state index in [4.69, 9.17) is 0 Å². The molecule has 2 saturated carbocycles. The summed E-state index contributed by atoms with van der Waals surface area (Å²) in [6.07, 6.45) is 23.2. The topological polar surface area (TPSA) is 60.4 Å². The molecule has 33 heavy (non-hydrogen) atoms. The summed E-state index contributed by atoms with van der Waals surface area (Å²) >= 11 is 1.84. The monoisotopic (exact) mass is 504 g/mol. The standard InChI is InChI=1S/C12H16OS.C8H17FO3S.C6H12/c13-8-6-11-7-9-14-12(11)10-4-2-1-3-5-10;1-2-3-4-5-6-7-8-13(10,11)12-9;1-2-4-6-5-3-1/h7-10H,1-6H2;2-8H2,1H3;1-6H2. The van der Waals surface area contributed by atoms with Crippen LogP contribution in [0.5, 0.6) is 0 Å². The van der Waals surface area contributed by atoms with Gasteiger partial charge in [-0.1, -0.05) is 101 Å². The van der Waals surface area contributed by atoms with Crippen molar-refractivity contribution in [1.29, 1.82) is 0 Å². The van der Waals surface area contributed by atoms with Crippen LogP contribution in [0.2, 0.25) is 0 Å². The Hall–Kier alpha value is -0.790. The molecule has 3 rings (SSSR count). The van der Waals surface area contributed by atoms with Crippen LogP contribution in [0.25, 0.3) is 0 Å². The van der Waals surface area contributed by atoms with E-state index < -0.39 is 10.1 Å². The summed E-state index contributed by atoms with van der Waals surface area (Å²) in [5.41, 5.74) is 1.27. The zero-order valence-corrected chi connectivity index (χ0v) is 22.2. The summed E-state index contributed by atoms with van der Waals surface area (Å²) in [7, 11) is -3.88. The Kier molecular flexibility index (Phi) is 17.9. The van der Waals surface area contributed by atoms with Gasteiger partial charge in [-0.2, -0.15) is 8.42 Å². The highest BCUT2D eigenvalue weighted by molar-refractivity contribution is 7.86. The van der Waals surface area contributed by atoms with E-state index in [9.17, 15) is 17.7 Å². The zero-order chi connectivity index (χ0) is 24.2. The number of hydrogen-bond donors (Lipinski definition) is 0. The van der Waals surface area contributed by atoms with E-state index in [1.54, 1.807) is 0 Å². The molecule has 2 aliphatic carbocycles. The van der Waals surface area contributed by atoms with Crippen molar-refractivity contribution >= 4 is 27.7 Å². The second-order valence-electron chi connectivity index (χ2n) is 9.23. The third-order valence-electron chi connectivity index (χ3n) is 6.40. The summed E-state index contributed by atoms with van der Waals surface area (Å²) in [4.78, 5) is 12.0. The Morgan fingerprint density at radius 3 is 2.03 bits per heavy atom. The lowest BCUT2D eigenvalue weighted by Crippen LogP contribution is -2.05. The molecule has 2 aliphatic rings. The molecule has 0 amide bonds. The quantitative estimate of drug-likeness (QED) is 0.224. The molecule has 0 aromatic carbocycles. The molecule has 4 nitrogen and oxygen atoms in total. The lowest BCUT2D eigenvalue weighted by Gasteiger charge is -2.21. The van der Waals surface area contributed by atoms with Crippen molar-refractivity contribution in [2.75, 3.05) is 5.75 Å². The highest BCUT2D eigenvalue weighted by atomic mass is 32.2. The molecule has 0 aliphatic heterocycles. The number of rotatable bonds is 11. The predicted molar refractivity (Wildman–Crippen MR) is 137 cm³/mol. The van der Waals surface area contributed by atoms with Crippen LogP contribution < -0.4 is 0 Å². The molecule has 0 N–H and O–H groups in total. The lowest BCUT2D eigenvalue weighted by molar-refractivity contribution is -0.107. The molecule has 0 unspecified atom stereocenters. The molecule has 0 bridgehead atoms. The molecule has 2 fully saturated rings. The Balaban J connectivity index is 0.000000266. The highest BCUT2D eigenvalue weighted by Crippen LogP contribution is 2.37. The van der Waals surface area contributed by atoms with Crippen LogP contribution in [0, 0.1) is 0 Å². The Labute approximate surface area is 205 Å². The summed E-state index contributed by atoms with van der Waals surface area (Å²) in [6, 6.07) is 2.11. The van der Waals surface area contributed by atoms with Crippen LogP contribution in [0.4, 0.5) is 4.53 Å². The van der Waals surface area contributed by atoms with Crippen molar-refractivity contribution in [3.05, 3.63) is 21.9 Å². The van der Waals surface area contributed by atoms with Gasteiger partial charge >= 0.3 is 0 Å². The molecule has 0 saturated heterocycles. The van der Waals surface area contributed by atoms with Gasteiger partial charge < -0.3 is 4.79 Å². The predicted octanol–water partition coefficient (Wildman–Crippen LogP) is 8.46. The van der Waals surface area contributed by atoms with Crippen LogP contribution in [0.1, 0.15) is 132 Å². The maximum absolute atomic E-state index is 11.3. The van der Waals surface area contributed by atoms with Crippen LogP contribution in [0.3, 0.4) is 0 Å². The lowest BCUT2D eigenvalue weighted by atomic mass is 9.86. The summed E-state index contributed by atoms with van der Waals surface area (Å²) in [5.74, 6) is 0.536. The van der Waals surface area contributed by atoms with Crippen molar-refractivity contribution in [1.82, 2.24) is 0 Å². The Morgan fingerprint density at radius 1 is 0.939 bits per heavy atom. The molecular weight excluding hydrogens is 459 g/mol. The van der Waals surface area contributed by atoms with Gasteiger partial charge in [-0.3, -0.25) is 0 Å². The van der Waals surface area contributed by atoms with E-state index in [2.05, 4.69) is 22.8 Å². The van der Waals surface area contributed by atoms with E-state index in [1.165, 1.54) is 87.5 Å². The summed E-state index contributed by atoms with van der Waals surface area (Å²) in [5, 5.41) is 2.13. The second kappa shape index (κ2) is 19.5. The number of thiophene rings is 1. The van der Waals surface area contributed by atoms with Crippen molar-refractivity contribution in [2.45, 2.75) is 128 Å². The number of carbonyl (C=O) groups excluding carboxylic acids is 1. The van der Waals surface area contributed by atoms with Crippen LogP contribution in [-0.4, -0.2) is 20.5 Å². The molecule has 1 aromatic heterocycles. The first-order valence-electron chi connectivity index (χ1n) is 13.1. The van der Waals surface area contributed by atoms with E-state index in [0.29, 0.717) is 12.8 Å². The summed E-state index contributed by atoms with van der Waals surface area (Å²) in [6.45, 7) is 2.11. The molecule has 1 heterocycles. The highest BCUT2D eigenvalue weighted by Gasteiger charge is 2.19. The zero-order valence-electron chi connectivity index (χ0n) is 20.6. The molecule has 0 atom stereocenters. The van der Waals surface area contributed by atoms with Crippen LogP contribution >= 0.6 is 11.3 Å². The third kappa shape index (κ3) is 14.9. The minimum atomic E-state index is -3.88. The number of halogens is 1. The molecule has 0 spiro atoms. The number of hydrogen-bond acceptors (Lipinski definition) is 5. The first kappa shape index (κ1) is 30.2. The van der Waals surface area contributed by atoms with E-state index in [-0.39, 0.29) is 5.75 Å². The smallest absolute Gasteiger partial charge is 0.297 e. The van der Waals surface area contributed by atoms with Crippen LogP contribution in [-0.2, 0) is 25.7 Å². The Morgan fingerprint density at radius 2 is 1.48 bits per heavy atom. The molecule has 192 valence electrons. The average molecular weight is 505 g/mol. The van der Waals surface area contributed by atoms with E-state index in [0.717, 1.165) is 37.9 Å². The maximum atomic E-state index is 11.3. The fourth-order valence-electron chi connectivity index (χ4n) is 4.48. The largest absolute Gasteiger partial charge is 0.303 e. The van der Waals surface area contributed by atoms with Gasteiger partial charge in [0, 0.05) is 11.3 Å². The van der Waals surface area contributed by atoms with Gasteiger partial charge in [-0.15, -0.1) is 11.3 Å². The molecular formula is C26H45FO4S2. The van der Waals surface area contributed by atoms with Crippen molar-refractivity contribution in [2.24, 2.45) is 0 Å². The van der Waals surface area contributed by atoms with Gasteiger partial charge in [-0.25, -0.2) is 0 Å². The van der Waals surface area contributed by atoms with Crippen molar-refractivity contribution < 1.29 is 22.1 Å². The van der Waals surface area contributed by atoms with Gasteiger partial charge in [0.15, 0.2) is 0 Å². The van der Waals surface area contributed by atoms with Crippen molar-refractivity contribution in [3.8, 4) is 0 Å². The fraction of sp³-hybridized carbons (Fsp3) is 0.808. The van der Waals surface area contributed by atoms with Crippen molar-refractivity contribution in [3.63, 3.8) is 0 Å². The number of unbranched alkanes of at least 4 members (excludes halogenated alkanes) is 5. The first-order chi connectivity index (χ1) is 16.0. The first-order valence-corrected chi connectivity index (χ1v) is 15.5. The number of aldehydes is 1. The molecule has 7 heteroatoms. The van der Waals surface area contributed by atoms with E-state index in [1.807, 2.05) is 11.3 Å². The normalized spacial score (nSPS) is 16.8. The minimum absolute atomic E-state index is 0.213. The second-order valence-corrected chi connectivity index (χ2v) is 11.8. The maximum Gasteiger partial charge on any atom is 0.297 e. The molecule has 0 radical (unpaired) electrons. The fourth-order valence-corrected chi connectivity index (χ4v) is 6.21.